The molecular weight excluding hydrogens is 146 g/mol. The summed E-state index contributed by atoms with van der Waals surface area (Å²) in [6.45, 7) is 5.57. The molecule has 1 atom stereocenters. The minimum atomic E-state index is -0.137. The number of rotatable bonds is 5. The normalized spacial score (nSPS) is 12.6. The first-order valence-electron chi connectivity index (χ1n) is 3.41. The van der Waals surface area contributed by atoms with Crippen LogP contribution in [0.3, 0.4) is 0 Å². The molecule has 0 amide bonds. The van der Waals surface area contributed by atoms with Crippen molar-refractivity contribution in [2.45, 2.75) is 31.4 Å². The Morgan fingerprint density at radius 1 is 1.80 bits per heavy atom. The van der Waals surface area contributed by atoms with Gasteiger partial charge in [0.25, 0.3) is 5.25 Å². The van der Waals surface area contributed by atoms with Crippen LogP contribution in [0.4, 0.5) is 0 Å². The van der Waals surface area contributed by atoms with Gasteiger partial charge in [0.2, 0.25) is 0 Å². The largest absolute Gasteiger partial charge is 0.468 e. The van der Waals surface area contributed by atoms with Crippen LogP contribution in [0, 0.1) is 12.3 Å². The first-order valence-corrected chi connectivity index (χ1v) is 4.21. The number of hydrogen-bond acceptors (Lipinski definition) is 2. The van der Waals surface area contributed by atoms with Gasteiger partial charge in [-0.05, 0) is 13.3 Å². The van der Waals surface area contributed by atoms with Crippen LogP contribution in [0.1, 0.15) is 26.2 Å². The van der Waals surface area contributed by atoms with E-state index >= 15 is 0 Å². The molecular formula is C7H13NOS+. The molecule has 1 radical (unpaired) electrons. The van der Waals surface area contributed by atoms with Gasteiger partial charge in [-0.25, -0.2) is 0 Å². The van der Waals surface area contributed by atoms with Crippen molar-refractivity contribution in [3.63, 3.8) is 0 Å². The van der Waals surface area contributed by atoms with Gasteiger partial charge < -0.3 is 5.41 Å². The van der Waals surface area contributed by atoms with Crippen LogP contribution in [-0.2, 0) is 15.9 Å². The molecule has 0 aromatic heterocycles. The van der Waals surface area contributed by atoms with Gasteiger partial charge in [0, 0.05) is 10.6 Å². The second-order valence-electron chi connectivity index (χ2n) is 2.15. The highest BCUT2D eigenvalue weighted by Gasteiger charge is 2.24. The van der Waals surface area contributed by atoms with E-state index in [0.29, 0.717) is 23.8 Å². The molecule has 0 aliphatic heterocycles. The predicted octanol–water partition coefficient (Wildman–Crippen LogP) is 1.83. The number of nitrogens with one attached hydrogen (secondary N) is 1. The fraction of sp³-hybridized carbons (Fsp3) is 0.714. The minimum Gasteiger partial charge on any atom is -0.304 e. The Kier molecular flexibility index (Phi) is 5.30. The van der Waals surface area contributed by atoms with Crippen LogP contribution in [0.2, 0.25) is 0 Å². The molecule has 10 heavy (non-hydrogen) atoms. The Labute approximate surface area is 66.0 Å². The Hall–Kier alpha value is -0.310. The quantitative estimate of drug-likeness (QED) is 0.482. The molecule has 0 aromatic carbocycles. The van der Waals surface area contributed by atoms with Crippen molar-refractivity contribution in [2.75, 3.05) is 0 Å². The van der Waals surface area contributed by atoms with Crippen molar-refractivity contribution in [1.29, 1.82) is 5.41 Å². The van der Waals surface area contributed by atoms with E-state index in [1.54, 1.807) is 0 Å². The van der Waals surface area contributed by atoms with E-state index in [0.717, 1.165) is 12.8 Å². The fourth-order valence-electron chi connectivity index (χ4n) is 0.704. The van der Waals surface area contributed by atoms with E-state index in [2.05, 4.69) is 6.92 Å². The Morgan fingerprint density at radius 2 is 2.40 bits per heavy atom. The van der Waals surface area contributed by atoms with Crippen LogP contribution in [0.5, 0.6) is 0 Å². The van der Waals surface area contributed by atoms with E-state index in [-0.39, 0.29) is 5.25 Å². The summed E-state index contributed by atoms with van der Waals surface area (Å²) in [5.74, 6) is 0. The Bertz CT molecular complexity index is 125. The Balaban J connectivity index is 3.80. The second-order valence-corrected chi connectivity index (χ2v) is 2.91. The lowest BCUT2D eigenvalue weighted by Gasteiger charge is -1.96. The molecule has 3 heteroatoms. The van der Waals surface area contributed by atoms with Gasteiger partial charge in [0.15, 0.2) is 0 Å². The first-order chi connectivity index (χ1) is 4.76. The molecule has 2 nitrogen and oxygen atoms in total. The van der Waals surface area contributed by atoms with Gasteiger partial charge in [-0.3, -0.25) is 0 Å². The average molecular weight is 159 g/mol. The zero-order valence-electron chi connectivity index (χ0n) is 6.22. The summed E-state index contributed by atoms with van der Waals surface area (Å²) in [6.07, 6.45) is 2.23. The SMILES string of the molecule is [CH2]CC(=N)C(CCC)[S+]=O. The monoisotopic (exact) mass is 159 g/mol. The van der Waals surface area contributed by atoms with Gasteiger partial charge in [-0.1, -0.05) is 13.3 Å². The minimum absolute atomic E-state index is 0.137. The highest BCUT2D eigenvalue weighted by atomic mass is 32.1. The molecule has 0 fully saturated rings. The third-order valence-electron chi connectivity index (χ3n) is 1.33. The standard InChI is InChI=1S/C7H13NOS/c1-3-5-7(10-9)6(8)4-2/h7-8H,2-5H2,1H3/q+1. The van der Waals surface area contributed by atoms with Crippen molar-refractivity contribution >= 4 is 17.4 Å². The topological polar surface area (TPSA) is 40.9 Å². The highest BCUT2D eigenvalue weighted by molar-refractivity contribution is 7.67. The summed E-state index contributed by atoms with van der Waals surface area (Å²) in [6, 6.07) is 0. The molecule has 0 heterocycles. The smallest absolute Gasteiger partial charge is 0.304 e. The molecule has 0 saturated heterocycles. The maximum atomic E-state index is 10.4. The van der Waals surface area contributed by atoms with Crippen molar-refractivity contribution in [2.24, 2.45) is 0 Å². The zero-order valence-corrected chi connectivity index (χ0v) is 7.04. The van der Waals surface area contributed by atoms with Crippen LogP contribution >= 0.6 is 0 Å². The van der Waals surface area contributed by atoms with Crippen molar-refractivity contribution in [3.05, 3.63) is 6.92 Å². The predicted molar refractivity (Wildman–Crippen MR) is 44.4 cm³/mol. The zero-order chi connectivity index (χ0) is 7.98. The molecule has 57 valence electrons. The van der Waals surface area contributed by atoms with E-state index in [1.807, 2.05) is 6.92 Å². The molecule has 0 aromatic rings. The van der Waals surface area contributed by atoms with Crippen molar-refractivity contribution < 1.29 is 4.21 Å². The average Bonchev–Trinajstić information content (AvgIpc) is 1.99. The van der Waals surface area contributed by atoms with E-state index in [1.165, 1.54) is 0 Å². The molecule has 0 aliphatic rings. The lowest BCUT2D eigenvalue weighted by Crippen LogP contribution is -2.17. The third kappa shape index (κ3) is 3.01. The van der Waals surface area contributed by atoms with Crippen LogP contribution in [0.15, 0.2) is 0 Å². The Morgan fingerprint density at radius 3 is 2.70 bits per heavy atom. The van der Waals surface area contributed by atoms with E-state index in [9.17, 15) is 4.21 Å². The molecule has 0 bridgehead atoms. The molecule has 0 spiro atoms. The lowest BCUT2D eigenvalue weighted by atomic mass is 10.1. The summed E-state index contributed by atoms with van der Waals surface area (Å²) < 4.78 is 10.4. The van der Waals surface area contributed by atoms with Gasteiger partial charge in [0.05, 0.1) is 5.71 Å². The summed E-state index contributed by atoms with van der Waals surface area (Å²) in [7, 11) is 0. The van der Waals surface area contributed by atoms with Gasteiger partial charge >= 0.3 is 11.7 Å². The summed E-state index contributed by atoms with van der Waals surface area (Å²) in [5, 5.41) is 7.18. The van der Waals surface area contributed by atoms with Gasteiger partial charge in [0.1, 0.15) is 0 Å². The summed E-state index contributed by atoms with van der Waals surface area (Å²) >= 11 is 0.513. The van der Waals surface area contributed by atoms with Crippen LogP contribution in [0.25, 0.3) is 0 Å². The summed E-state index contributed by atoms with van der Waals surface area (Å²) in [4.78, 5) is 0. The van der Waals surface area contributed by atoms with Crippen LogP contribution < -0.4 is 0 Å². The lowest BCUT2D eigenvalue weighted by molar-refractivity contribution is 0.600. The van der Waals surface area contributed by atoms with E-state index < -0.39 is 0 Å². The maximum Gasteiger partial charge on any atom is 0.468 e. The molecule has 1 unspecified atom stereocenters. The maximum absolute atomic E-state index is 10.4. The van der Waals surface area contributed by atoms with Crippen molar-refractivity contribution in [3.8, 4) is 0 Å². The summed E-state index contributed by atoms with van der Waals surface area (Å²) in [5.41, 5.74) is 0.474. The molecule has 0 rings (SSSR count). The van der Waals surface area contributed by atoms with E-state index in [4.69, 9.17) is 5.41 Å². The highest BCUT2D eigenvalue weighted by Crippen LogP contribution is 2.02. The van der Waals surface area contributed by atoms with Crippen molar-refractivity contribution in [1.82, 2.24) is 0 Å². The number of hydrogen-bond donors (Lipinski definition) is 1. The van der Waals surface area contributed by atoms with Gasteiger partial charge in [-0.15, -0.1) is 0 Å². The van der Waals surface area contributed by atoms with Gasteiger partial charge in [-0.2, -0.15) is 0 Å². The third-order valence-corrected chi connectivity index (χ3v) is 2.08. The molecule has 0 saturated carbocycles. The first kappa shape index (κ1) is 9.69. The fourth-order valence-corrected chi connectivity index (χ4v) is 1.27. The molecule has 0 aliphatic carbocycles. The second kappa shape index (κ2) is 5.47. The van der Waals surface area contributed by atoms with Crippen LogP contribution in [-0.4, -0.2) is 11.0 Å². The molecule has 1 N–H and O–H groups in total.